The van der Waals surface area contributed by atoms with Crippen molar-refractivity contribution in [3.8, 4) is 56.7 Å². The molecule has 0 fully saturated rings. The molecule has 7 heteroatoms. The van der Waals surface area contributed by atoms with E-state index in [0.29, 0.717) is 17.5 Å². The van der Waals surface area contributed by atoms with Gasteiger partial charge in [0.1, 0.15) is 0 Å². The summed E-state index contributed by atoms with van der Waals surface area (Å²) in [6, 6.07) is 70.9. The second-order valence-electron chi connectivity index (χ2n) is 16.3. The molecule has 0 atom stereocenters. The average Bonchev–Trinajstić information content (AvgIpc) is 4.04. The summed E-state index contributed by atoms with van der Waals surface area (Å²) in [6.07, 6.45) is 3.64. The predicted octanol–water partition coefficient (Wildman–Crippen LogP) is 15.7. The number of fused-ring (bicyclic) bond motifs is 9. The van der Waals surface area contributed by atoms with Crippen molar-refractivity contribution in [2.24, 2.45) is 0 Å². The van der Waals surface area contributed by atoms with Gasteiger partial charge in [0.2, 0.25) is 0 Å². The predicted molar refractivity (Wildman–Crippen MR) is 277 cm³/mol. The maximum atomic E-state index is 5.06. The highest BCUT2D eigenvalue weighted by Gasteiger charge is 2.19. The maximum absolute atomic E-state index is 5.06. The number of thiophene rings is 1. The van der Waals surface area contributed by atoms with E-state index in [4.69, 9.17) is 19.9 Å². The highest BCUT2D eigenvalue weighted by molar-refractivity contribution is 7.25. The summed E-state index contributed by atoms with van der Waals surface area (Å²) in [5.74, 6) is 1.90. The Kier molecular flexibility index (Phi) is 9.62. The monoisotopic (exact) mass is 864 g/mol. The zero-order valence-electron chi connectivity index (χ0n) is 36.0. The molecule has 0 radical (unpaired) electrons. The van der Waals surface area contributed by atoms with E-state index in [1.807, 2.05) is 79.9 Å². The number of aromatic nitrogens is 6. The Morgan fingerprint density at radius 1 is 0.394 bits per heavy atom. The van der Waals surface area contributed by atoms with Crippen LogP contribution in [0, 0.1) is 0 Å². The molecule has 5 heterocycles. The molecule has 5 aromatic heterocycles. The van der Waals surface area contributed by atoms with Crippen molar-refractivity contribution in [2.75, 3.05) is 0 Å². The Hall–Kier alpha value is -8.52. The van der Waals surface area contributed by atoms with E-state index in [1.165, 1.54) is 47.4 Å². The lowest BCUT2D eigenvalue weighted by atomic mass is 10.0. The third-order valence-electron chi connectivity index (χ3n) is 12.2. The van der Waals surface area contributed by atoms with Crippen LogP contribution in [0.2, 0.25) is 0 Å². The van der Waals surface area contributed by atoms with Gasteiger partial charge in [0.15, 0.2) is 17.5 Å². The molecule has 0 saturated heterocycles. The highest BCUT2D eigenvalue weighted by atomic mass is 32.1. The van der Waals surface area contributed by atoms with Gasteiger partial charge in [-0.05, 0) is 90.8 Å². The van der Waals surface area contributed by atoms with Crippen LogP contribution in [0.1, 0.15) is 6.92 Å². The second-order valence-corrected chi connectivity index (χ2v) is 17.4. The molecule has 13 aromatic rings. The number of para-hydroxylation sites is 2. The van der Waals surface area contributed by atoms with Crippen molar-refractivity contribution in [3.63, 3.8) is 0 Å². The van der Waals surface area contributed by atoms with Crippen LogP contribution in [0.4, 0.5) is 0 Å². The zero-order chi connectivity index (χ0) is 44.1. The molecular weight excluding hydrogens is 825 g/mol. The number of hydrogen-bond acceptors (Lipinski definition) is 5. The molecule has 66 heavy (non-hydrogen) atoms. The molecule has 6 nitrogen and oxygen atoms in total. The number of rotatable bonds is 6. The molecule has 0 amide bonds. The standard InChI is InChI=1S/C56H34N6S.C3H6/c1-3-13-35(14-4-1)54-58-55(36-15-5-2-6-16-36)60-56(59-54)39-17-11-18-40(31-39)62-47-21-9-7-19-42(47)44-27-24-38(33-50(44)62)37-25-28-49-45(32-37)43-20-8-10-22-48(43)61(49)41-26-29-51-46(34-41)53-52(63-51)23-12-30-57-53;1-3-2/h1-34H;3H,1H2,2H3. The molecule has 13 rings (SSSR count). The van der Waals surface area contributed by atoms with Gasteiger partial charge in [-0.1, -0.05) is 133 Å². The van der Waals surface area contributed by atoms with E-state index < -0.39 is 0 Å². The van der Waals surface area contributed by atoms with Crippen molar-refractivity contribution in [2.45, 2.75) is 6.92 Å². The van der Waals surface area contributed by atoms with Gasteiger partial charge in [0, 0.05) is 65.9 Å². The van der Waals surface area contributed by atoms with Gasteiger partial charge in [0.25, 0.3) is 0 Å². The normalized spacial score (nSPS) is 11.5. The number of allylic oxidation sites excluding steroid dienone is 1. The Bertz CT molecular complexity index is 3920. The third kappa shape index (κ3) is 6.64. The highest BCUT2D eigenvalue weighted by Crippen LogP contribution is 2.40. The first kappa shape index (κ1) is 39.1. The van der Waals surface area contributed by atoms with E-state index in [2.05, 4.69) is 149 Å². The number of benzene rings is 8. The quantitative estimate of drug-likeness (QED) is 0.156. The van der Waals surface area contributed by atoms with Crippen molar-refractivity contribution in [3.05, 3.63) is 219 Å². The summed E-state index contributed by atoms with van der Waals surface area (Å²) in [7, 11) is 0. The topological polar surface area (TPSA) is 61.4 Å². The molecule has 0 bridgehead atoms. The fourth-order valence-corrected chi connectivity index (χ4v) is 10.3. The van der Waals surface area contributed by atoms with Gasteiger partial charge in [-0.15, -0.1) is 17.9 Å². The molecular formula is C59H40N6S. The number of hydrogen-bond donors (Lipinski definition) is 0. The lowest BCUT2D eigenvalue weighted by molar-refractivity contribution is 1.07. The summed E-state index contributed by atoms with van der Waals surface area (Å²) in [4.78, 5) is 19.8. The van der Waals surface area contributed by atoms with Gasteiger partial charge in [-0.3, -0.25) is 4.98 Å². The van der Waals surface area contributed by atoms with E-state index >= 15 is 0 Å². The van der Waals surface area contributed by atoms with Crippen molar-refractivity contribution in [1.29, 1.82) is 0 Å². The lowest BCUT2D eigenvalue weighted by Crippen LogP contribution is -2.01. The van der Waals surface area contributed by atoms with E-state index in [1.54, 1.807) is 17.4 Å². The van der Waals surface area contributed by atoms with Crippen LogP contribution in [-0.2, 0) is 0 Å². The lowest BCUT2D eigenvalue weighted by Gasteiger charge is -2.12. The van der Waals surface area contributed by atoms with Gasteiger partial charge >= 0.3 is 0 Å². The van der Waals surface area contributed by atoms with E-state index in [0.717, 1.165) is 55.7 Å². The molecule has 8 aromatic carbocycles. The van der Waals surface area contributed by atoms with E-state index in [-0.39, 0.29) is 0 Å². The first-order valence-electron chi connectivity index (χ1n) is 22.0. The Morgan fingerprint density at radius 3 is 1.65 bits per heavy atom. The molecule has 312 valence electrons. The Morgan fingerprint density at radius 2 is 0.939 bits per heavy atom. The summed E-state index contributed by atoms with van der Waals surface area (Å²) in [6.45, 7) is 5.25. The SMILES string of the molecule is C=CC.c1ccc(-c2nc(-c3ccccc3)nc(-c3cccc(-n4c5ccccc5c5ccc(-c6ccc7c(c6)c6ccccc6n7-c6ccc7sc8cccnc8c7c6)cc54)c3)n2)cc1. The summed E-state index contributed by atoms with van der Waals surface area (Å²) >= 11 is 1.79. The fourth-order valence-electron chi connectivity index (χ4n) is 9.31. The first-order valence-corrected chi connectivity index (χ1v) is 22.8. The summed E-state index contributed by atoms with van der Waals surface area (Å²) in [5, 5.41) is 6.02. The van der Waals surface area contributed by atoms with Crippen LogP contribution >= 0.6 is 11.3 Å². The van der Waals surface area contributed by atoms with Gasteiger partial charge in [-0.25, -0.2) is 15.0 Å². The van der Waals surface area contributed by atoms with Crippen molar-refractivity contribution in [1.82, 2.24) is 29.1 Å². The summed E-state index contributed by atoms with van der Waals surface area (Å²) < 4.78 is 7.22. The smallest absolute Gasteiger partial charge is 0.164 e. The van der Waals surface area contributed by atoms with Crippen molar-refractivity contribution >= 4 is 75.3 Å². The molecule has 0 aliphatic heterocycles. The van der Waals surface area contributed by atoms with Crippen LogP contribution in [0.5, 0.6) is 0 Å². The molecule has 0 aliphatic rings. The van der Waals surface area contributed by atoms with Crippen LogP contribution in [-0.4, -0.2) is 29.1 Å². The average molecular weight is 865 g/mol. The molecule has 0 N–H and O–H groups in total. The van der Waals surface area contributed by atoms with Crippen LogP contribution in [0.15, 0.2) is 219 Å². The van der Waals surface area contributed by atoms with Crippen LogP contribution in [0.25, 0.3) is 121 Å². The summed E-state index contributed by atoms with van der Waals surface area (Å²) in [5.41, 5.74) is 12.9. The Labute approximate surface area is 385 Å². The number of nitrogens with zero attached hydrogens (tertiary/aromatic N) is 6. The minimum atomic E-state index is 0.624. The molecule has 0 spiro atoms. The molecule has 0 unspecified atom stereocenters. The largest absolute Gasteiger partial charge is 0.309 e. The third-order valence-corrected chi connectivity index (χ3v) is 13.3. The zero-order valence-corrected chi connectivity index (χ0v) is 36.8. The fraction of sp³-hybridized carbons (Fsp3) is 0.0169. The second kappa shape index (κ2) is 16.2. The Balaban J connectivity index is 0.00000148. The van der Waals surface area contributed by atoms with Gasteiger partial charge < -0.3 is 9.13 Å². The van der Waals surface area contributed by atoms with Gasteiger partial charge in [-0.2, -0.15) is 0 Å². The minimum Gasteiger partial charge on any atom is -0.309 e. The minimum absolute atomic E-state index is 0.624. The number of pyridine rings is 1. The first-order chi connectivity index (χ1) is 32.6. The van der Waals surface area contributed by atoms with Gasteiger partial charge in [0.05, 0.1) is 32.3 Å². The molecule has 0 aliphatic carbocycles. The van der Waals surface area contributed by atoms with Crippen LogP contribution < -0.4 is 0 Å². The van der Waals surface area contributed by atoms with Crippen LogP contribution in [0.3, 0.4) is 0 Å². The van der Waals surface area contributed by atoms with Crippen molar-refractivity contribution < 1.29 is 0 Å². The molecule has 0 saturated carbocycles. The van der Waals surface area contributed by atoms with E-state index in [9.17, 15) is 0 Å². The maximum Gasteiger partial charge on any atom is 0.164 e.